The Balaban J connectivity index is 1.77. The second-order valence-electron chi connectivity index (χ2n) is 6.52. The van der Waals surface area contributed by atoms with Crippen LogP contribution in [0.1, 0.15) is 45.4 Å². The van der Waals surface area contributed by atoms with Gasteiger partial charge < -0.3 is 15.2 Å². The average Bonchev–Trinajstić information content (AvgIpc) is 3.07. The van der Waals surface area contributed by atoms with E-state index in [-0.39, 0.29) is 11.6 Å². The summed E-state index contributed by atoms with van der Waals surface area (Å²) >= 11 is 6.31. The minimum Gasteiger partial charge on any atom is -0.545 e. The maximum atomic E-state index is 11.0. The second kappa shape index (κ2) is 5.67. The second-order valence-corrected chi connectivity index (χ2v) is 6.93. The molecule has 0 spiro atoms. The maximum absolute atomic E-state index is 11.0. The number of nitrogens with one attached hydrogen (secondary N) is 1. The van der Waals surface area contributed by atoms with Crippen LogP contribution in [0.5, 0.6) is 0 Å². The van der Waals surface area contributed by atoms with Crippen molar-refractivity contribution < 1.29 is 9.90 Å². The van der Waals surface area contributed by atoms with Gasteiger partial charge in [-0.15, -0.1) is 0 Å². The van der Waals surface area contributed by atoms with Crippen molar-refractivity contribution in [1.82, 2.24) is 0 Å². The molecule has 4 rings (SSSR count). The first-order valence-corrected chi connectivity index (χ1v) is 8.47. The number of anilines is 1. The van der Waals surface area contributed by atoms with Crippen molar-refractivity contribution in [2.24, 2.45) is 5.92 Å². The molecule has 24 heavy (non-hydrogen) atoms. The van der Waals surface area contributed by atoms with Crippen LogP contribution in [0.15, 0.2) is 48.6 Å². The van der Waals surface area contributed by atoms with Gasteiger partial charge >= 0.3 is 0 Å². The number of hydrogen-bond donors (Lipinski definition) is 1. The summed E-state index contributed by atoms with van der Waals surface area (Å²) in [5.41, 5.74) is 4.74. The lowest BCUT2D eigenvalue weighted by molar-refractivity contribution is -0.255. The van der Waals surface area contributed by atoms with Gasteiger partial charge in [-0.2, -0.15) is 0 Å². The average molecular weight is 339 g/mol. The van der Waals surface area contributed by atoms with Crippen LogP contribution in [0, 0.1) is 12.8 Å². The molecule has 0 fully saturated rings. The van der Waals surface area contributed by atoms with E-state index in [4.69, 9.17) is 11.6 Å². The number of hydrogen-bond acceptors (Lipinski definition) is 3. The van der Waals surface area contributed by atoms with E-state index in [0.717, 1.165) is 28.3 Å². The van der Waals surface area contributed by atoms with Gasteiger partial charge in [-0.05, 0) is 47.6 Å². The third kappa shape index (κ3) is 2.31. The standard InChI is InChI=1S/C20H18ClNO2/c1-11-17(21)10-9-16-14-3-2-4-15(14)19(22-18(11)16)12-5-7-13(8-6-12)20(23)24/h2-3,5-10,14-15,19,22H,4H2,1H3,(H,23,24)/p-1/t14-,15-,19-/m1/s1. The molecule has 0 aromatic heterocycles. The molecule has 0 saturated heterocycles. The fourth-order valence-electron chi connectivity index (χ4n) is 3.95. The number of carbonyl (C=O) groups is 1. The Morgan fingerprint density at radius 1 is 1.21 bits per heavy atom. The molecule has 1 heterocycles. The fourth-order valence-corrected chi connectivity index (χ4v) is 4.10. The Kier molecular flexibility index (Phi) is 3.61. The highest BCUT2D eigenvalue weighted by Crippen LogP contribution is 2.51. The molecule has 0 bridgehead atoms. The van der Waals surface area contributed by atoms with Crippen molar-refractivity contribution >= 4 is 23.3 Å². The normalized spacial score (nSPS) is 24.2. The molecule has 3 nitrogen and oxygen atoms in total. The smallest absolute Gasteiger partial charge is 0.0715 e. The summed E-state index contributed by atoms with van der Waals surface area (Å²) in [5, 5.41) is 15.4. The van der Waals surface area contributed by atoms with E-state index in [2.05, 4.69) is 23.5 Å². The van der Waals surface area contributed by atoms with Gasteiger partial charge in [0.1, 0.15) is 0 Å². The van der Waals surface area contributed by atoms with Crippen LogP contribution in [0.4, 0.5) is 5.69 Å². The third-order valence-corrected chi connectivity index (χ3v) is 5.65. The number of rotatable bonds is 2. The van der Waals surface area contributed by atoms with Gasteiger partial charge in [-0.1, -0.05) is 54.1 Å². The van der Waals surface area contributed by atoms with Gasteiger partial charge in [-0.3, -0.25) is 0 Å². The summed E-state index contributed by atoms with van der Waals surface area (Å²) in [6.45, 7) is 2.03. The van der Waals surface area contributed by atoms with Crippen LogP contribution in [-0.2, 0) is 0 Å². The Morgan fingerprint density at radius 2 is 1.96 bits per heavy atom. The highest BCUT2D eigenvalue weighted by molar-refractivity contribution is 6.31. The van der Waals surface area contributed by atoms with Crippen molar-refractivity contribution in [3.8, 4) is 0 Å². The molecule has 0 radical (unpaired) electrons. The molecule has 3 atom stereocenters. The summed E-state index contributed by atoms with van der Waals surface area (Å²) in [5.74, 6) is -0.360. The molecule has 2 aromatic carbocycles. The highest BCUT2D eigenvalue weighted by atomic mass is 35.5. The molecule has 1 N–H and O–H groups in total. The summed E-state index contributed by atoms with van der Waals surface area (Å²) in [6, 6.07) is 11.2. The van der Waals surface area contributed by atoms with Crippen molar-refractivity contribution in [2.75, 3.05) is 5.32 Å². The quantitative estimate of drug-likeness (QED) is 0.846. The lowest BCUT2D eigenvalue weighted by atomic mass is 9.76. The van der Waals surface area contributed by atoms with Gasteiger partial charge in [0.2, 0.25) is 0 Å². The first-order chi connectivity index (χ1) is 11.6. The van der Waals surface area contributed by atoms with Crippen molar-refractivity contribution in [2.45, 2.75) is 25.3 Å². The van der Waals surface area contributed by atoms with Crippen LogP contribution >= 0.6 is 11.6 Å². The van der Waals surface area contributed by atoms with Gasteiger partial charge in [0.15, 0.2) is 0 Å². The number of carboxylic acid groups (broad SMARTS) is 1. The molecular weight excluding hydrogens is 322 g/mol. The van der Waals surface area contributed by atoms with Gasteiger partial charge in [0.25, 0.3) is 0 Å². The van der Waals surface area contributed by atoms with Gasteiger partial charge in [0.05, 0.1) is 12.0 Å². The molecule has 1 aliphatic carbocycles. The fraction of sp³-hybridized carbons (Fsp3) is 0.250. The SMILES string of the molecule is Cc1c(Cl)ccc2c1N[C@H](c1ccc(C(=O)[O-])cc1)[C@@H]1CC=C[C@@H]21. The number of allylic oxidation sites excluding steroid dienone is 2. The van der Waals surface area contributed by atoms with E-state index < -0.39 is 5.97 Å². The highest BCUT2D eigenvalue weighted by Gasteiger charge is 2.38. The van der Waals surface area contributed by atoms with E-state index >= 15 is 0 Å². The molecule has 122 valence electrons. The molecule has 2 aliphatic rings. The summed E-state index contributed by atoms with van der Waals surface area (Å²) in [6.07, 6.45) is 5.52. The van der Waals surface area contributed by atoms with E-state index in [1.165, 1.54) is 5.56 Å². The minimum absolute atomic E-state index is 0.130. The number of carboxylic acids is 1. The largest absolute Gasteiger partial charge is 0.545 e. The zero-order valence-corrected chi connectivity index (χ0v) is 14.0. The van der Waals surface area contributed by atoms with Gasteiger partial charge in [0, 0.05) is 16.6 Å². The lowest BCUT2D eigenvalue weighted by Gasteiger charge is -2.38. The van der Waals surface area contributed by atoms with Crippen LogP contribution in [0.3, 0.4) is 0 Å². The van der Waals surface area contributed by atoms with Crippen molar-refractivity contribution in [3.05, 3.63) is 75.8 Å². The Hall–Kier alpha value is -2.26. The molecule has 0 saturated carbocycles. The summed E-state index contributed by atoms with van der Waals surface area (Å²) in [7, 11) is 0. The van der Waals surface area contributed by atoms with Crippen LogP contribution in [0.2, 0.25) is 5.02 Å². The van der Waals surface area contributed by atoms with Crippen molar-refractivity contribution in [3.63, 3.8) is 0 Å². The first kappa shape index (κ1) is 15.3. The predicted molar refractivity (Wildman–Crippen MR) is 93.3 cm³/mol. The number of fused-ring (bicyclic) bond motifs is 3. The Bertz CT molecular complexity index is 841. The Morgan fingerprint density at radius 3 is 2.67 bits per heavy atom. The Labute approximate surface area is 146 Å². The van der Waals surface area contributed by atoms with Crippen molar-refractivity contribution in [1.29, 1.82) is 0 Å². The van der Waals surface area contributed by atoms with Gasteiger partial charge in [-0.25, -0.2) is 0 Å². The predicted octanol–water partition coefficient (Wildman–Crippen LogP) is 3.84. The van der Waals surface area contributed by atoms with Crippen LogP contribution < -0.4 is 10.4 Å². The molecule has 1 aliphatic heterocycles. The molecule has 2 aromatic rings. The zero-order chi connectivity index (χ0) is 16.8. The molecule has 4 heteroatoms. The van der Waals surface area contributed by atoms with E-state index in [1.54, 1.807) is 12.1 Å². The topological polar surface area (TPSA) is 52.2 Å². The monoisotopic (exact) mass is 338 g/mol. The first-order valence-electron chi connectivity index (χ1n) is 8.10. The number of halogens is 1. The minimum atomic E-state index is -1.15. The number of carbonyl (C=O) groups excluding carboxylic acids is 1. The van der Waals surface area contributed by atoms with Crippen LogP contribution in [0.25, 0.3) is 0 Å². The maximum Gasteiger partial charge on any atom is 0.0715 e. The molecule has 0 unspecified atom stereocenters. The third-order valence-electron chi connectivity index (χ3n) is 5.24. The van der Waals surface area contributed by atoms with Crippen LogP contribution in [-0.4, -0.2) is 5.97 Å². The molecular formula is C20H17ClNO2-. The number of benzene rings is 2. The van der Waals surface area contributed by atoms with E-state index in [9.17, 15) is 9.90 Å². The number of aromatic carboxylic acids is 1. The summed E-state index contributed by atoms with van der Waals surface area (Å²) in [4.78, 5) is 11.0. The molecule has 0 amide bonds. The summed E-state index contributed by atoms with van der Waals surface area (Å²) < 4.78 is 0. The van der Waals surface area contributed by atoms with E-state index in [0.29, 0.717) is 11.8 Å². The lowest BCUT2D eigenvalue weighted by Crippen LogP contribution is -2.29. The zero-order valence-electron chi connectivity index (χ0n) is 13.3. The van der Waals surface area contributed by atoms with E-state index in [1.807, 2.05) is 25.1 Å².